The van der Waals surface area contributed by atoms with Gasteiger partial charge in [-0.3, -0.25) is 19.3 Å². The largest absolute Gasteiger partial charge is 0.490 e. The fourth-order valence-corrected chi connectivity index (χ4v) is 2.30. The molecule has 0 fully saturated rings. The van der Waals surface area contributed by atoms with Gasteiger partial charge >= 0.3 is 11.8 Å². The van der Waals surface area contributed by atoms with Crippen LogP contribution in [-0.4, -0.2) is 55.5 Å². The van der Waals surface area contributed by atoms with Gasteiger partial charge in [0.2, 0.25) is 5.91 Å². The maximum Gasteiger partial charge on any atom is 0.318 e. The number of hydrogen-bond acceptors (Lipinski definition) is 6. The maximum absolute atomic E-state index is 12.0. The third-order valence-electron chi connectivity index (χ3n) is 3.48. The minimum Gasteiger partial charge on any atom is -0.490 e. The number of ether oxygens (including phenoxy) is 2. The number of carbonyl (C=O) groups is 3. The average Bonchev–Trinajstić information content (AvgIpc) is 2.61. The second-order valence-corrected chi connectivity index (χ2v) is 5.42. The minimum atomic E-state index is -0.898. The fraction of sp³-hybridized carbons (Fsp3) is 0.500. The highest BCUT2D eigenvalue weighted by atomic mass is 16.5. The highest BCUT2D eigenvalue weighted by Gasteiger charge is 2.24. The maximum atomic E-state index is 12.0. The molecule has 8 heteroatoms. The molecule has 0 aliphatic heterocycles. The lowest BCUT2D eigenvalue weighted by Crippen LogP contribution is -2.47. The molecule has 1 rings (SSSR count). The normalized spacial score (nSPS) is 10.2. The quantitative estimate of drug-likeness (QED) is 0.616. The molecule has 0 atom stereocenters. The molecule has 0 bridgehead atoms. The van der Waals surface area contributed by atoms with Crippen molar-refractivity contribution in [1.82, 2.24) is 10.2 Å². The highest BCUT2D eigenvalue weighted by Crippen LogP contribution is 2.28. The van der Waals surface area contributed by atoms with E-state index in [1.807, 2.05) is 32.0 Å². The standard InChI is InChI=1S/C18H27N3O5/c1-4-25-15-7-6-14(12-16(15)26-5-2)8-10-20-17(23)18(24)21(11-9-19)13(3)22/h6-7,12H,4-5,8-11,19H2,1-3H3,(H,20,23). The number of nitrogens with two attached hydrogens (primary N) is 1. The van der Waals surface area contributed by atoms with E-state index in [4.69, 9.17) is 15.2 Å². The van der Waals surface area contributed by atoms with Gasteiger partial charge in [0.25, 0.3) is 0 Å². The van der Waals surface area contributed by atoms with Gasteiger partial charge in [-0.15, -0.1) is 0 Å². The number of benzene rings is 1. The first-order valence-corrected chi connectivity index (χ1v) is 8.63. The van der Waals surface area contributed by atoms with Gasteiger partial charge in [-0.2, -0.15) is 0 Å². The van der Waals surface area contributed by atoms with Crippen molar-refractivity contribution in [2.75, 3.05) is 32.8 Å². The Morgan fingerprint density at radius 2 is 1.77 bits per heavy atom. The zero-order valence-corrected chi connectivity index (χ0v) is 15.5. The van der Waals surface area contributed by atoms with Crippen LogP contribution in [-0.2, 0) is 20.8 Å². The Bertz CT molecular complexity index is 633. The van der Waals surface area contributed by atoms with Crippen LogP contribution >= 0.6 is 0 Å². The first-order chi connectivity index (χ1) is 12.4. The van der Waals surface area contributed by atoms with Crippen molar-refractivity contribution in [2.45, 2.75) is 27.2 Å². The Balaban J connectivity index is 2.63. The van der Waals surface area contributed by atoms with E-state index in [-0.39, 0.29) is 19.6 Å². The van der Waals surface area contributed by atoms with E-state index in [1.54, 1.807) is 0 Å². The Hall–Kier alpha value is -2.61. The summed E-state index contributed by atoms with van der Waals surface area (Å²) in [6.07, 6.45) is 0.502. The number of hydrogen-bond donors (Lipinski definition) is 2. The Labute approximate surface area is 153 Å². The lowest BCUT2D eigenvalue weighted by atomic mass is 10.1. The summed E-state index contributed by atoms with van der Waals surface area (Å²) in [6, 6.07) is 5.53. The molecule has 0 aromatic heterocycles. The molecule has 1 aromatic carbocycles. The summed E-state index contributed by atoms with van der Waals surface area (Å²) < 4.78 is 11.1. The summed E-state index contributed by atoms with van der Waals surface area (Å²) in [5.41, 5.74) is 6.28. The van der Waals surface area contributed by atoms with E-state index in [2.05, 4.69) is 5.32 Å². The molecule has 0 heterocycles. The van der Waals surface area contributed by atoms with Crippen molar-refractivity contribution in [3.63, 3.8) is 0 Å². The summed E-state index contributed by atoms with van der Waals surface area (Å²) in [5, 5.41) is 2.52. The van der Waals surface area contributed by atoms with Crippen molar-refractivity contribution in [3.8, 4) is 11.5 Å². The zero-order chi connectivity index (χ0) is 19.5. The van der Waals surface area contributed by atoms with Crippen molar-refractivity contribution >= 4 is 17.7 Å². The van der Waals surface area contributed by atoms with Crippen molar-refractivity contribution in [2.24, 2.45) is 5.73 Å². The molecule has 8 nitrogen and oxygen atoms in total. The van der Waals surface area contributed by atoms with Crippen LogP contribution in [0.4, 0.5) is 0 Å². The lowest BCUT2D eigenvalue weighted by Gasteiger charge is -2.17. The first kappa shape index (κ1) is 21.4. The van der Waals surface area contributed by atoms with Crippen molar-refractivity contribution in [1.29, 1.82) is 0 Å². The molecule has 0 unspecified atom stereocenters. The molecular weight excluding hydrogens is 338 g/mol. The highest BCUT2D eigenvalue weighted by molar-refractivity contribution is 6.37. The Morgan fingerprint density at radius 1 is 1.12 bits per heavy atom. The smallest absolute Gasteiger partial charge is 0.318 e. The predicted molar refractivity (Wildman–Crippen MR) is 96.9 cm³/mol. The number of nitrogens with one attached hydrogen (secondary N) is 1. The molecule has 3 N–H and O–H groups in total. The molecule has 0 aliphatic rings. The molecule has 0 saturated heterocycles. The number of nitrogens with zero attached hydrogens (tertiary/aromatic N) is 1. The van der Waals surface area contributed by atoms with E-state index in [1.165, 1.54) is 6.92 Å². The minimum absolute atomic E-state index is 0.0121. The van der Waals surface area contributed by atoms with Crippen LogP contribution in [0.25, 0.3) is 0 Å². The van der Waals surface area contributed by atoms with Crippen molar-refractivity contribution < 1.29 is 23.9 Å². The van der Waals surface area contributed by atoms with Gasteiger partial charge in [0.15, 0.2) is 11.5 Å². The van der Waals surface area contributed by atoms with Crippen LogP contribution in [0.3, 0.4) is 0 Å². The van der Waals surface area contributed by atoms with E-state index >= 15 is 0 Å². The monoisotopic (exact) mass is 365 g/mol. The van der Waals surface area contributed by atoms with Crippen LogP contribution in [0.1, 0.15) is 26.3 Å². The van der Waals surface area contributed by atoms with Gasteiger partial charge in [0, 0.05) is 26.6 Å². The SMILES string of the molecule is CCOc1ccc(CCNC(=O)C(=O)N(CCN)C(C)=O)cc1OCC. The third-order valence-corrected chi connectivity index (χ3v) is 3.48. The van der Waals surface area contributed by atoms with Crippen LogP contribution < -0.4 is 20.5 Å². The van der Waals surface area contributed by atoms with Gasteiger partial charge in [-0.05, 0) is 38.0 Å². The van der Waals surface area contributed by atoms with Gasteiger partial charge in [-0.1, -0.05) is 6.07 Å². The molecular formula is C18H27N3O5. The lowest BCUT2D eigenvalue weighted by molar-refractivity contribution is -0.151. The predicted octanol–water partition coefficient (Wildman–Crippen LogP) is 0.477. The van der Waals surface area contributed by atoms with E-state index in [0.717, 1.165) is 10.5 Å². The van der Waals surface area contributed by atoms with E-state index in [0.29, 0.717) is 31.1 Å². The first-order valence-electron chi connectivity index (χ1n) is 8.63. The van der Waals surface area contributed by atoms with Crippen molar-refractivity contribution in [3.05, 3.63) is 23.8 Å². The third kappa shape index (κ3) is 6.36. The summed E-state index contributed by atoms with van der Waals surface area (Å²) in [7, 11) is 0. The zero-order valence-electron chi connectivity index (χ0n) is 15.5. The Kier molecular flexibility index (Phi) is 9.14. The van der Waals surface area contributed by atoms with Crippen LogP contribution in [0.15, 0.2) is 18.2 Å². The fourth-order valence-electron chi connectivity index (χ4n) is 2.30. The van der Waals surface area contributed by atoms with Gasteiger partial charge in [0.05, 0.1) is 13.2 Å². The number of carbonyl (C=O) groups excluding carboxylic acids is 3. The number of amides is 3. The molecule has 1 aromatic rings. The summed E-state index contributed by atoms with van der Waals surface area (Å²) in [6.45, 7) is 6.41. The molecule has 0 aliphatic carbocycles. The summed E-state index contributed by atoms with van der Waals surface area (Å²) in [5.74, 6) is -0.936. The van der Waals surface area contributed by atoms with E-state index < -0.39 is 17.7 Å². The van der Waals surface area contributed by atoms with E-state index in [9.17, 15) is 14.4 Å². The van der Waals surface area contributed by atoms with Gasteiger partial charge in [0.1, 0.15) is 0 Å². The molecule has 144 valence electrons. The summed E-state index contributed by atoms with van der Waals surface area (Å²) >= 11 is 0. The molecule has 0 saturated carbocycles. The molecule has 26 heavy (non-hydrogen) atoms. The second kappa shape index (κ2) is 11.1. The topological polar surface area (TPSA) is 111 Å². The second-order valence-electron chi connectivity index (χ2n) is 5.42. The van der Waals surface area contributed by atoms with Crippen LogP contribution in [0, 0.1) is 0 Å². The molecule has 0 spiro atoms. The Morgan fingerprint density at radius 3 is 2.35 bits per heavy atom. The van der Waals surface area contributed by atoms with Gasteiger partial charge < -0.3 is 20.5 Å². The molecule has 3 amide bonds. The number of imide groups is 1. The molecule has 0 radical (unpaired) electrons. The van der Waals surface area contributed by atoms with Crippen LogP contribution in [0.2, 0.25) is 0 Å². The number of rotatable bonds is 9. The average molecular weight is 365 g/mol. The van der Waals surface area contributed by atoms with Crippen LogP contribution in [0.5, 0.6) is 11.5 Å². The summed E-state index contributed by atoms with van der Waals surface area (Å²) in [4.78, 5) is 36.1. The van der Waals surface area contributed by atoms with Gasteiger partial charge in [-0.25, -0.2) is 0 Å².